The largest absolute Gasteiger partial charge is 0.465 e. The van der Waals surface area contributed by atoms with Crippen molar-refractivity contribution >= 4 is 23.8 Å². The number of esters is 2. The first-order valence-corrected chi connectivity index (χ1v) is 20.5. The maximum Gasteiger partial charge on any atom is 0.312 e. The van der Waals surface area contributed by atoms with Crippen molar-refractivity contribution in [2.75, 3.05) is 39.4 Å². The van der Waals surface area contributed by atoms with Gasteiger partial charge in [0.05, 0.1) is 62.4 Å². The Hall–Kier alpha value is -3.36. The van der Waals surface area contributed by atoms with Crippen LogP contribution < -0.4 is 10.6 Å². The highest BCUT2D eigenvalue weighted by Crippen LogP contribution is 2.54. The number of nitrogens with zero attached hydrogens (tertiary/aromatic N) is 4. The predicted molar refractivity (Wildman–Crippen MR) is 193 cm³/mol. The molecule has 6 aliphatic carbocycles. The van der Waals surface area contributed by atoms with Crippen molar-refractivity contribution in [3.05, 3.63) is 0 Å². The molecule has 2 amide bonds. The zero-order chi connectivity index (χ0) is 38.4. The van der Waals surface area contributed by atoms with Crippen molar-refractivity contribution in [1.82, 2.24) is 20.4 Å². The van der Waals surface area contributed by atoms with Gasteiger partial charge in [0.1, 0.15) is 24.4 Å². The fourth-order valence-electron chi connectivity index (χ4n) is 10.2. The van der Waals surface area contributed by atoms with Crippen LogP contribution in [0.4, 0.5) is 8.78 Å². The number of carbonyl (C=O) groups is 4. The molecule has 4 bridgehead atoms. The normalized spacial score (nSPS) is 35.4. The minimum absolute atomic E-state index is 0.0215. The van der Waals surface area contributed by atoms with E-state index in [2.05, 4.69) is 10.6 Å². The number of ether oxygens (including phenoxy) is 2. The summed E-state index contributed by atoms with van der Waals surface area (Å²) in [5.74, 6) is -0.687. The zero-order valence-electron chi connectivity index (χ0n) is 31.7. The maximum atomic E-state index is 13.8. The van der Waals surface area contributed by atoms with E-state index in [9.17, 15) is 38.5 Å². The molecule has 8 fully saturated rings. The molecule has 6 saturated carbocycles. The summed E-state index contributed by atoms with van der Waals surface area (Å²) >= 11 is 0. The van der Waals surface area contributed by atoms with Crippen molar-refractivity contribution in [2.45, 2.75) is 164 Å². The maximum absolute atomic E-state index is 13.8. The van der Waals surface area contributed by atoms with Crippen LogP contribution in [-0.2, 0) is 28.7 Å². The van der Waals surface area contributed by atoms with Crippen LogP contribution in [0.5, 0.6) is 0 Å². The van der Waals surface area contributed by atoms with Gasteiger partial charge in [-0.25, -0.2) is 8.78 Å². The summed E-state index contributed by atoms with van der Waals surface area (Å²) in [5.41, 5.74) is -1.28. The topological polar surface area (TPSA) is 165 Å². The van der Waals surface area contributed by atoms with E-state index in [1.165, 1.54) is 9.80 Å². The van der Waals surface area contributed by atoms with E-state index in [0.29, 0.717) is 13.2 Å². The molecule has 2 aliphatic heterocycles. The van der Waals surface area contributed by atoms with Crippen LogP contribution in [0.15, 0.2) is 0 Å². The van der Waals surface area contributed by atoms with Crippen molar-refractivity contribution in [3.8, 4) is 12.1 Å². The smallest absolute Gasteiger partial charge is 0.312 e. The van der Waals surface area contributed by atoms with Gasteiger partial charge in [0.2, 0.25) is 11.8 Å². The van der Waals surface area contributed by atoms with Gasteiger partial charge in [-0.2, -0.15) is 10.5 Å². The molecule has 54 heavy (non-hydrogen) atoms. The number of alkyl halides is 2. The second kappa shape index (κ2) is 17.2. The number of nitriles is 2. The average Bonchev–Trinajstić information content (AvgIpc) is 3.79. The zero-order valence-corrected chi connectivity index (χ0v) is 31.7. The molecule has 0 aromatic rings. The number of likely N-dealkylation sites (tertiary alicyclic amines) is 2. The molecular weight excluding hydrogens is 698 g/mol. The molecule has 0 spiro atoms. The van der Waals surface area contributed by atoms with E-state index in [1.807, 2.05) is 12.1 Å². The number of nitrogens with one attached hydrogen (secondary N) is 2. The van der Waals surface area contributed by atoms with Gasteiger partial charge in [-0.05, 0) is 89.9 Å². The van der Waals surface area contributed by atoms with Crippen LogP contribution in [0.3, 0.4) is 0 Å². The average molecular weight is 757 g/mol. The molecule has 14 heteroatoms. The molecule has 4 atom stereocenters. The molecule has 12 nitrogen and oxygen atoms in total. The SMILES string of the molecule is N#C[C@@H]1C[C@H](F)CN1C(=O)CNC12CCC(C(=O)OCCCCCCCCOC(=O)C34CCC(NCC(=O)N5C[C@@H](F)C[C@H]5C#N)(CC3)CC4)(CC1)CC2. The first-order chi connectivity index (χ1) is 26.0. The summed E-state index contributed by atoms with van der Waals surface area (Å²) in [4.78, 5) is 54.4. The van der Waals surface area contributed by atoms with Crippen LogP contribution in [0, 0.1) is 33.5 Å². The minimum Gasteiger partial charge on any atom is -0.465 e. The Bertz CT molecular complexity index is 1320. The molecule has 8 rings (SSSR count). The van der Waals surface area contributed by atoms with Gasteiger partial charge < -0.3 is 29.9 Å². The third kappa shape index (κ3) is 8.86. The first-order valence-electron chi connectivity index (χ1n) is 20.5. The summed E-state index contributed by atoms with van der Waals surface area (Å²) in [7, 11) is 0. The molecule has 0 radical (unpaired) electrons. The van der Waals surface area contributed by atoms with Gasteiger partial charge in [0.25, 0.3) is 0 Å². The number of carbonyl (C=O) groups excluding carboxylic acids is 4. The lowest BCUT2D eigenvalue weighted by molar-refractivity contribution is -0.165. The fourth-order valence-corrected chi connectivity index (χ4v) is 10.2. The Labute approximate surface area is 318 Å². The highest BCUT2D eigenvalue weighted by Gasteiger charge is 2.54. The quantitative estimate of drug-likeness (QED) is 0.157. The molecule has 0 unspecified atom stereocenters. The van der Waals surface area contributed by atoms with Gasteiger partial charge >= 0.3 is 11.9 Å². The van der Waals surface area contributed by atoms with Crippen molar-refractivity contribution in [2.24, 2.45) is 10.8 Å². The summed E-state index contributed by atoms with van der Waals surface area (Å²) in [6, 6.07) is 2.66. The Morgan fingerprint density at radius 3 is 1.24 bits per heavy atom. The lowest BCUT2D eigenvalue weighted by Crippen LogP contribution is -2.58. The van der Waals surface area contributed by atoms with Gasteiger partial charge in [-0.3, -0.25) is 19.2 Å². The number of hydrogen-bond acceptors (Lipinski definition) is 10. The summed E-state index contributed by atoms with van der Waals surface area (Å²) in [5, 5.41) is 25.4. The van der Waals surface area contributed by atoms with E-state index in [0.717, 1.165) is 116 Å². The Balaban J connectivity index is 0.779. The number of amides is 2. The van der Waals surface area contributed by atoms with Crippen molar-refractivity contribution < 1.29 is 37.4 Å². The number of halogens is 2. The van der Waals surface area contributed by atoms with Crippen LogP contribution in [0.25, 0.3) is 0 Å². The van der Waals surface area contributed by atoms with Crippen LogP contribution in [-0.4, -0.2) is 108 Å². The third-order valence-corrected chi connectivity index (χ3v) is 14.0. The molecule has 8 aliphatic rings. The summed E-state index contributed by atoms with van der Waals surface area (Å²) in [6.45, 7) is 0.945. The molecular formula is C40H58F2N6O6. The summed E-state index contributed by atoms with van der Waals surface area (Å²) < 4.78 is 39.1. The van der Waals surface area contributed by atoms with Crippen LogP contribution in [0.2, 0.25) is 0 Å². The molecule has 2 heterocycles. The Morgan fingerprint density at radius 1 is 0.574 bits per heavy atom. The van der Waals surface area contributed by atoms with Crippen LogP contribution >= 0.6 is 0 Å². The Kier molecular flexibility index (Phi) is 12.8. The van der Waals surface area contributed by atoms with Crippen molar-refractivity contribution in [1.29, 1.82) is 10.5 Å². The lowest BCUT2D eigenvalue weighted by Gasteiger charge is -2.52. The monoisotopic (exact) mass is 756 g/mol. The molecule has 2 saturated heterocycles. The number of hydrogen-bond donors (Lipinski definition) is 2. The fraction of sp³-hybridized carbons (Fsp3) is 0.850. The standard InChI is InChI=1S/C40H58F2N6O6/c41-29-21-31(23-43)47(27-29)33(49)25-45-39-13-7-37(8-14-39,9-15-39)35(51)53-19-5-3-1-2-4-6-20-54-36(52)38-10-16-40(17-11-38,18-12-38)46-26-34(50)48-28-30(42)22-32(48)24-44/h29-32,45-46H,1-22,25-28H2/t29-,30-,31-,32-,37?,38?,39?,40?/m0/s1. The molecule has 298 valence electrons. The number of rotatable bonds is 17. The van der Waals surface area contributed by atoms with Gasteiger partial charge in [-0.1, -0.05) is 25.7 Å². The highest BCUT2D eigenvalue weighted by molar-refractivity contribution is 5.81. The van der Waals surface area contributed by atoms with Gasteiger partial charge in [0.15, 0.2) is 0 Å². The van der Waals surface area contributed by atoms with Gasteiger partial charge in [-0.15, -0.1) is 0 Å². The van der Waals surface area contributed by atoms with E-state index in [1.54, 1.807) is 0 Å². The van der Waals surface area contributed by atoms with E-state index < -0.39 is 35.3 Å². The molecule has 0 aromatic heterocycles. The minimum atomic E-state index is -1.15. The van der Waals surface area contributed by atoms with Crippen molar-refractivity contribution in [3.63, 3.8) is 0 Å². The second-order valence-electron chi connectivity index (χ2n) is 17.3. The second-order valence-corrected chi connectivity index (χ2v) is 17.3. The van der Waals surface area contributed by atoms with Crippen LogP contribution in [0.1, 0.15) is 128 Å². The number of fused-ring (bicyclic) bond motifs is 6. The number of unbranched alkanes of at least 4 members (excludes halogenated alkanes) is 5. The van der Waals surface area contributed by atoms with E-state index in [-0.39, 0.29) is 73.9 Å². The summed E-state index contributed by atoms with van der Waals surface area (Å²) in [6.07, 6.45) is 12.5. The van der Waals surface area contributed by atoms with E-state index in [4.69, 9.17) is 9.47 Å². The molecule has 0 aromatic carbocycles. The highest BCUT2D eigenvalue weighted by atomic mass is 19.1. The Morgan fingerprint density at radius 2 is 0.907 bits per heavy atom. The molecule has 2 N–H and O–H groups in total. The van der Waals surface area contributed by atoms with E-state index >= 15 is 0 Å². The predicted octanol–water partition coefficient (Wildman–Crippen LogP) is 4.70. The first kappa shape index (κ1) is 40.3. The third-order valence-electron chi connectivity index (χ3n) is 14.0. The lowest BCUT2D eigenvalue weighted by atomic mass is 9.57. The van der Waals surface area contributed by atoms with Gasteiger partial charge in [0, 0.05) is 23.9 Å².